The Morgan fingerprint density at radius 3 is 1.75 bits per heavy atom. The molecular weight excluding hydrogens is 1420 g/mol. The molecule has 3 aromatic rings. The summed E-state index contributed by atoms with van der Waals surface area (Å²) in [6.45, 7) is 12.4. The number of Topliss-reactive ketones (excluding diaryl/α,β-unsaturated/α-hetero) is 1. The first kappa shape index (κ1) is 89.3. The van der Waals surface area contributed by atoms with Crippen LogP contribution in [-0.4, -0.2) is 276 Å². The zero-order valence-corrected chi connectivity index (χ0v) is 62.8. The topological polar surface area (TPSA) is 470 Å². The number of likely N-dealkylation sites (N-methyl/N-ethyl adjacent to an activating group) is 1. The second-order valence-electron chi connectivity index (χ2n) is 26.0. The van der Waals surface area contributed by atoms with E-state index in [-0.39, 0.29) is 126 Å². The summed E-state index contributed by atoms with van der Waals surface area (Å²) in [7, 11) is 3.03. The molecule has 9 N–H and O–H groups in total. The molecule has 2 unspecified atom stereocenters. The minimum absolute atomic E-state index is 0.00167. The van der Waals surface area contributed by atoms with Crippen LogP contribution in [0.4, 0.5) is 9.59 Å². The summed E-state index contributed by atoms with van der Waals surface area (Å²) in [6.07, 6.45) is -2.03. The van der Waals surface area contributed by atoms with E-state index in [9.17, 15) is 67.4 Å². The summed E-state index contributed by atoms with van der Waals surface area (Å²) in [6, 6.07) is 5.35. The number of pyridine rings is 2. The summed E-state index contributed by atoms with van der Waals surface area (Å²) in [5, 5.41) is 31.3. The third-order valence-corrected chi connectivity index (χ3v) is 16.3. The van der Waals surface area contributed by atoms with Gasteiger partial charge in [0.05, 0.1) is 167 Å². The molecule has 0 saturated heterocycles. The summed E-state index contributed by atoms with van der Waals surface area (Å²) in [5.74, 6) is -7.84. The van der Waals surface area contributed by atoms with Crippen LogP contribution in [0.15, 0.2) is 29.1 Å². The van der Waals surface area contributed by atoms with E-state index in [1.807, 2.05) is 27.7 Å². The average molecular weight is 1530 g/mol. The van der Waals surface area contributed by atoms with Crippen molar-refractivity contribution in [1.82, 2.24) is 57.0 Å². The van der Waals surface area contributed by atoms with Gasteiger partial charge < -0.3 is 114 Å². The molecule has 37 heteroatoms. The van der Waals surface area contributed by atoms with Gasteiger partial charge in [-0.05, 0) is 55.0 Å². The molecule has 4 heterocycles. The first-order chi connectivity index (χ1) is 51.7. The number of ketones is 1. The molecule has 2 aliphatic heterocycles. The summed E-state index contributed by atoms with van der Waals surface area (Å²) in [4.78, 5) is 172. The number of alkyl carbamates (subject to hydrolysis) is 1. The zero-order valence-electron chi connectivity index (χ0n) is 62.8. The fourth-order valence-corrected chi connectivity index (χ4v) is 10.6. The average Bonchev–Trinajstić information content (AvgIpc) is 1.52. The second-order valence-corrected chi connectivity index (χ2v) is 26.0. The van der Waals surface area contributed by atoms with Gasteiger partial charge in [-0.15, -0.1) is 0 Å². The van der Waals surface area contributed by atoms with Gasteiger partial charge in [0, 0.05) is 76.0 Å². The maximum atomic E-state index is 13.8. The number of hydrogen-bond acceptors (Lipinski definition) is 27. The third-order valence-electron chi connectivity index (χ3n) is 16.3. The summed E-state index contributed by atoms with van der Waals surface area (Å²) in [5.41, 5.74) is 0.923. The monoisotopic (exact) mass is 1530 g/mol. The Morgan fingerprint density at radius 2 is 1.19 bits per heavy atom. The lowest BCUT2D eigenvalue weighted by molar-refractivity contribution is -0.172. The molecule has 1 aromatic carbocycles. The molecule has 0 aliphatic carbocycles. The van der Waals surface area contributed by atoms with Crippen LogP contribution in [0, 0.1) is 11.3 Å². The Bertz CT molecular complexity index is 3590. The minimum Gasteiger partial charge on any atom is -0.462 e. The Labute approximate surface area is 625 Å². The number of cyclic esters (lactones) is 1. The molecule has 0 radical (unpaired) electrons. The van der Waals surface area contributed by atoms with Crippen molar-refractivity contribution < 1.29 is 119 Å². The number of ether oxygens (including phenoxy) is 12. The van der Waals surface area contributed by atoms with Gasteiger partial charge in [-0.2, -0.15) is 0 Å². The van der Waals surface area contributed by atoms with E-state index in [2.05, 4.69) is 42.5 Å². The van der Waals surface area contributed by atoms with Crippen LogP contribution in [0.5, 0.6) is 5.75 Å². The van der Waals surface area contributed by atoms with Crippen molar-refractivity contribution in [1.29, 1.82) is 0 Å². The summed E-state index contributed by atoms with van der Waals surface area (Å²) < 4.78 is 66.1. The Morgan fingerprint density at radius 1 is 0.639 bits per heavy atom. The van der Waals surface area contributed by atoms with Crippen molar-refractivity contribution in [3.63, 3.8) is 0 Å². The molecule has 3 atom stereocenters. The molecule has 0 fully saturated rings. The van der Waals surface area contributed by atoms with Crippen LogP contribution < -0.4 is 52.8 Å². The molecule has 37 nitrogen and oxygen atoms in total. The molecule has 0 bridgehead atoms. The number of rotatable bonds is 52. The van der Waals surface area contributed by atoms with E-state index >= 15 is 0 Å². The molecule has 0 saturated carbocycles. The fourth-order valence-electron chi connectivity index (χ4n) is 10.6. The predicted octanol–water partition coefficient (Wildman–Crippen LogP) is -0.902. The highest BCUT2D eigenvalue weighted by Gasteiger charge is 2.46. The van der Waals surface area contributed by atoms with Gasteiger partial charge in [0.15, 0.2) is 11.4 Å². The largest absolute Gasteiger partial charge is 0.462 e. The van der Waals surface area contributed by atoms with Crippen molar-refractivity contribution in [2.24, 2.45) is 11.3 Å². The van der Waals surface area contributed by atoms with Gasteiger partial charge in [0.25, 0.3) is 5.56 Å². The standard InChI is InChI=1S/C71H105N11O26/c1-9-50-51-36-49(11-12-55(51)80-63-52(50)43-82-56(63)37-54-53(65(82)91)45-106-67(93)71(54,96)10-2)108-69(95)81(7)18-20-105-66(92)46(3)79-58(85)14-16-74-68(94)107-44-47(64(90)73-17-19-98-23-24-100-27-28-102-31-32-104-34-33-103-30-29-101-26-25-99-22-21-97-8)35-48(83)39-75-60(87)41-77-62(89)42-78-61(88)40-76-57(84)13-15-72-59(86)38-70(4,5)6/h11-12,36-37,46-47,96H,9-10,13-35,38-45H2,1-8H3,(H,72,86)(H,73,90)(H,74,94)(H,75,87)(H,76,84)(H,77,89)(H,78,88)(H,79,85)/t46?,47?,71-/m1/s1. The van der Waals surface area contributed by atoms with Crippen molar-refractivity contribution in [2.45, 2.75) is 105 Å². The van der Waals surface area contributed by atoms with Crippen molar-refractivity contribution in [3.8, 4) is 17.1 Å². The van der Waals surface area contributed by atoms with Crippen LogP contribution >= 0.6 is 0 Å². The number of carbonyl (C=O) groups is 12. The second kappa shape index (κ2) is 47.5. The van der Waals surface area contributed by atoms with Crippen molar-refractivity contribution >= 4 is 82.2 Å². The SMILES string of the molecule is CCc1c2c(nc3ccc(OC(=O)N(C)CCOC(=O)C(C)NC(=O)CCNC(=O)OCC(CC(=O)CNC(=O)CNC(=O)CNC(=O)CNC(=O)CCNC(=O)CC(C)(C)C)C(=O)NCCOCCOCCOCCOCCOCCOCCOCCOC)cc13)-c1cc3c(c(=O)n1C2)COC(=O)[C@@]3(O)CC. The Kier molecular flexibility index (Phi) is 39.2. The van der Waals surface area contributed by atoms with Gasteiger partial charge in [-0.25, -0.2) is 24.2 Å². The highest BCUT2D eigenvalue weighted by atomic mass is 16.6. The Balaban J connectivity index is 0.992. The van der Waals surface area contributed by atoms with Gasteiger partial charge in [0.2, 0.25) is 41.4 Å². The lowest BCUT2D eigenvalue weighted by Crippen LogP contribution is -2.45. The maximum absolute atomic E-state index is 13.8. The number of benzene rings is 1. The van der Waals surface area contributed by atoms with Gasteiger partial charge >= 0.3 is 24.1 Å². The van der Waals surface area contributed by atoms with Gasteiger partial charge in [0.1, 0.15) is 31.6 Å². The fraction of sp³-hybridized carbons (Fsp3) is 0.634. The van der Waals surface area contributed by atoms with Gasteiger partial charge in [-0.1, -0.05) is 34.6 Å². The number of esters is 2. The van der Waals surface area contributed by atoms with E-state index in [4.69, 9.17) is 61.8 Å². The number of aromatic nitrogens is 2. The van der Waals surface area contributed by atoms with E-state index in [0.29, 0.717) is 101 Å². The first-order valence-electron chi connectivity index (χ1n) is 35.8. The number of hydrogen-bond donors (Lipinski definition) is 9. The van der Waals surface area contributed by atoms with Crippen molar-refractivity contribution in [2.75, 3.05) is 179 Å². The number of aryl methyl sites for hydroxylation is 1. The number of fused-ring (bicyclic) bond motifs is 5. The number of nitrogens with zero attached hydrogens (tertiary/aromatic N) is 3. The number of methoxy groups -OCH3 is 1. The molecule has 2 aromatic heterocycles. The molecular formula is C71H105N11O26. The van der Waals surface area contributed by atoms with Crippen molar-refractivity contribution in [3.05, 3.63) is 56.9 Å². The molecule has 108 heavy (non-hydrogen) atoms. The Hall–Kier alpha value is -9.34. The number of nitrogens with one attached hydrogen (secondary N) is 8. The zero-order chi connectivity index (χ0) is 79.0. The van der Waals surface area contributed by atoms with Crippen LogP contribution in [0.25, 0.3) is 22.3 Å². The predicted molar refractivity (Wildman–Crippen MR) is 383 cm³/mol. The number of aliphatic hydroxyl groups is 1. The molecule has 2 aliphatic rings. The molecule has 0 spiro atoms. The van der Waals surface area contributed by atoms with E-state index in [0.717, 1.165) is 11.1 Å². The van der Waals surface area contributed by atoms with E-state index in [1.54, 1.807) is 42.9 Å². The van der Waals surface area contributed by atoms with E-state index < -0.39 is 128 Å². The summed E-state index contributed by atoms with van der Waals surface area (Å²) >= 11 is 0. The van der Waals surface area contributed by atoms with Gasteiger partial charge in [-0.3, -0.25) is 43.2 Å². The number of amides is 9. The maximum Gasteiger partial charge on any atom is 0.415 e. The van der Waals surface area contributed by atoms with E-state index in [1.165, 1.54) is 18.9 Å². The van der Waals surface area contributed by atoms with Crippen LogP contribution in [0.3, 0.4) is 0 Å². The first-order valence-corrected chi connectivity index (χ1v) is 35.8. The number of carbonyl (C=O) groups excluding carboxylic acids is 12. The lowest BCUT2D eigenvalue weighted by Gasteiger charge is -2.31. The minimum atomic E-state index is -1.98. The van der Waals surface area contributed by atoms with Crippen LogP contribution in [-0.2, 0) is 125 Å². The molecule has 5 rings (SSSR count). The lowest BCUT2D eigenvalue weighted by atomic mass is 9.86. The quantitative estimate of drug-likeness (QED) is 0.0147. The highest BCUT2D eigenvalue weighted by Crippen LogP contribution is 2.41. The van der Waals surface area contributed by atoms with Crippen LogP contribution in [0.1, 0.15) is 95.9 Å². The third kappa shape index (κ3) is 31.5. The normalized spacial score (nSPS) is 14.0. The highest BCUT2D eigenvalue weighted by molar-refractivity contribution is 5.94. The van der Waals surface area contributed by atoms with Crippen LogP contribution in [0.2, 0.25) is 0 Å². The smallest absolute Gasteiger partial charge is 0.415 e. The molecule has 9 amide bonds. The molecule has 600 valence electrons.